The van der Waals surface area contributed by atoms with Gasteiger partial charge in [0.15, 0.2) is 0 Å². The number of anilines is 2. The number of carbonyl (C=O) groups is 1. The van der Waals surface area contributed by atoms with Gasteiger partial charge in [-0.1, -0.05) is 23.7 Å². The molecule has 0 aliphatic rings. The molecular weight excluding hydrogens is 400 g/mol. The quantitative estimate of drug-likeness (QED) is 0.592. The molecule has 27 heavy (non-hydrogen) atoms. The second-order valence-electron chi connectivity index (χ2n) is 5.42. The molecule has 0 fully saturated rings. The Balaban J connectivity index is 1.78. The Morgan fingerprint density at radius 1 is 1.04 bits per heavy atom. The van der Waals surface area contributed by atoms with Crippen molar-refractivity contribution in [2.75, 3.05) is 10.0 Å². The van der Waals surface area contributed by atoms with E-state index >= 15 is 0 Å². The molecule has 0 unspecified atom stereocenters. The van der Waals surface area contributed by atoms with Crippen LogP contribution in [0.3, 0.4) is 0 Å². The Kier molecular flexibility index (Phi) is 5.15. The van der Waals surface area contributed by atoms with Gasteiger partial charge in [-0.2, -0.15) is 0 Å². The Morgan fingerprint density at radius 2 is 1.78 bits per heavy atom. The average Bonchev–Trinajstić information content (AvgIpc) is 3.11. The summed E-state index contributed by atoms with van der Waals surface area (Å²) < 4.78 is 53.6. The molecule has 1 amide bonds. The first-order chi connectivity index (χ1) is 12.8. The zero-order chi connectivity index (χ0) is 19.6. The molecule has 140 valence electrons. The summed E-state index contributed by atoms with van der Waals surface area (Å²) in [6, 6.07) is 9.98. The Labute approximate surface area is 158 Å². The van der Waals surface area contributed by atoms with Crippen molar-refractivity contribution < 1.29 is 22.0 Å². The topological polar surface area (TPSA) is 91.1 Å². The lowest BCUT2D eigenvalue weighted by atomic mass is 10.3. The fourth-order valence-corrected chi connectivity index (χ4v) is 3.42. The lowest BCUT2D eigenvalue weighted by Gasteiger charge is -2.07. The molecule has 0 bridgehead atoms. The van der Waals surface area contributed by atoms with Crippen molar-refractivity contribution >= 4 is 38.9 Å². The van der Waals surface area contributed by atoms with E-state index < -0.39 is 27.6 Å². The highest BCUT2D eigenvalue weighted by Gasteiger charge is 2.20. The summed E-state index contributed by atoms with van der Waals surface area (Å²) in [5.41, 5.74) is -0.0510. The summed E-state index contributed by atoms with van der Waals surface area (Å²) in [7, 11) is -4.11. The van der Waals surface area contributed by atoms with Crippen LogP contribution in [0, 0.1) is 11.6 Å². The number of rotatable bonds is 5. The monoisotopic (exact) mass is 411 g/mol. The molecular formula is C17H12ClF2N3O3S. The Morgan fingerprint density at radius 3 is 2.48 bits per heavy atom. The molecule has 3 aromatic rings. The number of hydrogen-bond donors (Lipinski definition) is 3. The standard InChI is InChI=1S/C17H12ClF2N3O3S/c18-12-7-10(5-6-13(12)19)22-17(24)16-8-11(9-21-16)27(25,26)23-15-4-2-1-3-14(15)20/h1-9,21,23H,(H,22,24). The van der Waals surface area contributed by atoms with Crippen LogP contribution in [0.2, 0.25) is 5.02 Å². The first kappa shape index (κ1) is 18.9. The number of carbonyl (C=O) groups excluding carboxylic acids is 1. The van der Waals surface area contributed by atoms with Crippen LogP contribution < -0.4 is 10.0 Å². The van der Waals surface area contributed by atoms with E-state index in [4.69, 9.17) is 11.6 Å². The molecule has 3 rings (SSSR count). The summed E-state index contributed by atoms with van der Waals surface area (Å²) in [4.78, 5) is 14.5. The minimum Gasteiger partial charge on any atom is -0.356 e. The minimum absolute atomic E-state index is 0.0654. The maximum Gasteiger partial charge on any atom is 0.272 e. The van der Waals surface area contributed by atoms with E-state index in [1.165, 1.54) is 30.3 Å². The molecule has 1 heterocycles. The van der Waals surface area contributed by atoms with Gasteiger partial charge in [-0.25, -0.2) is 17.2 Å². The minimum atomic E-state index is -4.11. The molecule has 0 aliphatic heterocycles. The molecule has 0 radical (unpaired) electrons. The second-order valence-corrected chi connectivity index (χ2v) is 7.51. The molecule has 1 aromatic heterocycles. The van der Waals surface area contributed by atoms with Crippen molar-refractivity contribution in [3.8, 4) is 0 Å². The van der Waals surface area contributed by atoms with Gasteiger partial charge in [0.25, 0.3) is 15.9 Å². The third kappa shape index (κ3) is 4.26. The van der Waals surface area contributed by atoms with E-state index in [0.717, 1.165) is 24.4 Å². The van der Waals surface area contributed by atoms with Crippen LogP contribution in [0.5, 0.6) is 0 Å². The normalized spacial score (nSPS) is 11.2. The zero-order valence-corrected chi connectivity index (χ0v) is 15.0. The SMILES string of the molecule is O=C(Nc1ccc(F)c(Cl)c1)c1cc(S(=O)(=O)Nc2ccccc2F)c[nH]1. The maximum atomic E-state index is 13.6. The maximum absolute atomic E-state index is 13.6. The predicted octanol–water partition coefficient (Wildman–Crippen LogP) is 4.00. The van der Waals surface area contributed by atoms with Crippen LogP contribution in [0.1, 0.15) is 10.5 Å². The van der Waals surface area contributed by atoms with Crippen LogP contribution in [0.4, 0.5) is 20.2 Å². The van der Waals surface area contributed by atoms with Gasteiger partial charge in [0.1, 0.15) is 22.2 Å². The zero-order valence-electron chi connectivity index (χ0n) is 13.5. The van der Waals surface area contributed by atoms with Gasteiger partial charge in [0, 0.05) is 11.9 Å². The fraction of sp³-hybridized carbons (Fsp3) is 0. The molecule has 0 spiro atoms. The highest BCUT2D eigenvalue weighted by molar-refractivity contribution is 7.92. The van der Waals surface area contributed by atoms with E-state index in [0.29, 0.717) is 0 Å². The summed E-state index contributed by atoms with van der Waals surface area (Å²) in [5.74, 6) is -2.03. The number of aromatic nitrogens is 1. The first-order valence-electron chi connectivity index (χ1n) is 7.48. The van der Waals surface area contributed by atoms with Crippen molar-refractivity contribution in [2.45, 2.75) is 4.90 Å². The largest absolute Gasteiger partial charge is 0.356 e. The summed E-state index contributed by atoms with van der Waals surface area (Å²) in [6.07, 6.45) is 1.09. The first-order valence-corrected chi connectivity index (χ1v) is 9.34. The summed E-state index contributed by atoms with van der Waals surface area (Å²) >= 11 is 5.64. The van der Waals surface area contributed by atoms with E-state index in [9.17, 15) is 22.0 Å². The van der Waals surface area contributed by atoms with Crippen LogP contribution >= 0.6 is 11.6 Å². The number of sulfonamides is 1. The smallest absolute Gasteiger partial charge is 0.272 e. The molecule has 0 aliphatic carbocycles. The van der Waals surface area contributed by atoms with Gasteiger partial charge in [-0.15, -0.1) is 0 Å². The number of benzene rings is 2. The van der Waals surface area contributed by atoms with E-state index in [2.05, 4.69) is 15.0 Å². The number of halogens is 3. The van der Waals surface area contributed by atoms with Gasteiger partial charge in [-0.05, 0) is 36.4 Å². The number of para-hydroxylation sites is 1. The number of hydrogen-bond acceptors (Lipinski definition) is 3. The van der Waals surface area contributed by atoms with Crippen molar-refractivity contribution in [3.05, 3.63) is 77.1 Å². The number of nitrogens with one attached hydrogen (secondary N) is 3. The highest BCUT2D eigenvalue weighted by Crippen LogP contribution is 2.22. The average molecular weight is 412 g/mol. The highest BCUT2D eigenvalue weighted by atomic mass is 35.5. The van der Waals surface area contributed by atoms with Crippen LogP contribution in [-0.4, -0.2) is 19.3 Å². The lowest BCUT2D eigenvalue weighted by molar-refractivity contribution is 0.102. The van der Waals surface area contributed by atoms with Crippen LogP contribution in [-0.2, 0) is 10.0 Å². The van der Waals surface area contributed by atoms with Gasteiger partial charge in [0.05, 0.1) is 10.7 Å². The second kappa shape index (κ2) is 7.37. The number of aromatic amines is 1. The number of H-pyrrole nitrogens is 1. The molecule has 6 nitrogen and oxygen atoms in total. The van der Waals surface area contributed by atoms with Gasteiger partial charge in [-0.3, -0.25) is 9.52 Å². The van der Waals surface area contributed by atoms with Crippen molar-refractivity contribution in [1.82, 2.24) is 4.98 Å². The van der Waals surface area contributed by atoms with Crippen molar-refractivity contribution in [1.29, 1.82) is 0 Å². The van der Waals surface area contributed by atoms with Crippen LogP contribution in [0.15, 0.2) is 59.6 Å². The van der Waals surface area contributed by atoms with Gasteiger partial charge in [0.2, 0.25) is 0 Å². The molecule has 10 heteroatoms. The molecule has 3 N–H and O–H groups in total. The van der Waals surface area contributed by atoms with Gasteiger partial charge < -0.3 is 10.3 Å². The lowest BCUT2D eigenvalue weighted by Crippen LogP contribution is -2.14. The molecule has 0 saturated carbocycles. The fourth-order valence-electron chi connectivity index (χ4n) is 2.18. The van der Waals surface area contributed by atoms with E-state index in [1.54, 1.807) is 0 Å². The van der Waals surface area contributed by atoms with E-state index in [1.807, 2.05) is 0 Å². The Hall–Kier alpha value is -2.91. The summed E-state index contributed by atoms with van der Waals surface area (Å²) in [5, 5.41) is 2.28. The van der Waals surface area contributed by atoms with Crippen molar-refractivity contribution in [3.63, 3.8) is 0 Å². The predicted molar refractivity (Wildman–Crippen MR) is 97.4 cm³/mol. The Bertz CT molecular complexity index is 1120. The molecule has 0 atom stereocenters. The van der Waals surface area contributed by atoms with Gasteiger partial charge >= 0.3 is 0 Å². The third-order valence-electron chi connectivity index (χ3n) is 3.51. The molecule has 0 saturated heterocycles. The van der Waals surface area contributed by atoms with E-state index in [-0.39, 0.29) is 27.0 Å². The third-order valence-corrected chi connectivity index (χ3v) is 5.14. The van der Waals surface area contributed by atoms with Crippen molar-refractivity contribution in [2.24, 2.45) is 0 Å². The summed E-state index contributed by atoms with van der Waals surface area (Å²) in [6.45, 7) is 0. The number of amides is 1. The van der Waals surface area contributed by atoms with Crippen LogP contribution in [0.25, 0.3) is 0 Å². The molecule has 2 aromatic carbocycles.